The number of fused-ring (bicyclic) bond motifs is 2. The maximum Gasteiger partial charge on any atom is 0.134 e. The highest BCUT2D eigenvalue weighted by Crippen LogP contribution is 2.29. The molecule has 1 N–H and O–H groups in total. The Kier molecular flexibility index (Phi) is 4.13. The number of hydrogen-bond acceptors (Lipinski definition) is 3. The predicted octanol–water partition coefficient (Wildman–Crippen LogP) is 5.85. The molecule has 1 unspecified atom stereocenters. The van der Waals surface area contributed by atoms with E-state index in [-0.39, 0.29) is 0 Å². The van der Waals surface area contributed by atoms with E-state index in [1.54, 1.807) is 0 Å². The van der Waals surface area contributed by atoms with Gasteiger partial charge in [0.2, 0.25) is 0 Å². The molecule has 0 aliphatic heterocycles. The second-order valence-corrected chi connectivity index (χ2v) is 7.16. The van der Waals surface area contributed by atoms with E-state index in [4.69, 9.17) is 4.42 Å². The first-order chi connectivity index (χ1) is 11.7. The second kappa shape index (κ2) is 6.42. The molecule has 1 atom stereocenters. The van der Waals surface area contributed by atoms with Crippen LogP contribution in [0.3, 0.4) is 0 Å². The van der Waals surface area contributed by atoms with Crippen LogP contribution in [0.2, 0.25) is 0 Å². The van der Waals surface area contributed by atoms with Crippen molar-refractivity contribution in [3.63, 3.8) is 0 Å². The Hall–Kier alpha value is -2.10. The molecule has 0 spiro atoms. The molecule has 0 aliphatic rings. The largest absolute Gasteiger partial charge is 0.461 e. The first-order valence-corrected chi connectivity index (χ1v) is 9.28. The highest BCUT2D eigenvalue weighted by Gasteiger charge is 2.12. The van der Waals surface area contributed by atoms with E-state index in [2.05, 4.69) is 60.9 Å². The van der Waals surface area contributed by atoms with Gasteiger partial charge in [0.05, 0.1) is 0 Å². The maximum absolute atomic E-state index is 5.86. The van der Waals surface area contributed by atoms with Gasteiger partial charge in [-0.05, 0) is 55.3 Å². The number of rotatable bonds is 5. The minimum absolute atomic E-state index is 0.339. The van der Waals surface area contributed by atoms with Gasteiger partial charge in [-0.3, -0.25) is 0 Å². The monoisotopic (exact) mass is 335 g/mol. The molecule has 0 saturated carbocycles. The summed E-state index contributed by atoms with van der Waals surface area (Å²) in [5.41, 5.74) is 3.69. The van der Waals surface area contributed by atoms with Crippen molar-refractivity contribution in [3.8, 4) is 0 Å². The van der Waals surface area contributed by atoms with Gasteiger partial charge >= 0.3 is 0 Å². The smallest absolute Gasteiger partial charge is 0.134 e. The summed E-state index contributed by atoms with van der Waals surface area (Å²) in [4.78, 5) is 0. The summed E-state index contributed by atoms with van der Waals surface area (Å²) in [6.07, 6.45) is 0.980. The highest BCUT2D eigenvalue weighted by molar-refractivity contribution is 7.17. The van der Waals surface area contributed by atoms with Crippen molar-refractivity contribution in [1.29, 1.82) is 0 Å². The lowest BCUT2D eigenvalue weighted by Crippen LogP contribution is -2.21. The minimum atomic E-state index is 0.339. The fourth-order valence-corrected chi connectivity index (χ4v) is 4.42. The molecule has 4 aromatic rings. The molecule has 2 aromatic heterocycles. The number of para-hydroxylation sites is 1. The summed E-state index contributed by atoms with van der Waals surface area (Å²) < 4.78 is 7.25. The van der Waals surface area contributed by atoms with Crippen LogP contribution in [0.15, 0.2) is 58.3 Å². The van der Waals surface area contributed by atoms with Crippen molar-refractivity contribution >= 4 is 32.4 Å². The summed E-state index contributed by atoms with van der Waals surface area (Å²) in [5, 5.41) is 8.42. The third kappa shape index (κ3) is 2.74. The Morgan fingerprint density at radius 1 is 1.08 bits per heavy atom. The Balaban J connectivity index is 1.49. The van der Waals surface area contributed by atoms with Crippen LogP contribution in [0, 0.1) is 6.92 Å². The zero-order valence-corrected chi connectivity index (χ0v) is 14.8. The van der Waals surface area contributed by atoms with Gasteiger partial charge < -0.3 is 9.73 Å². The maximum atomic E-state index is 5.86. The van der Waals surface area contributed by atoms with Gasteiger partial charge in [0.1, 0.15) is 11.3 Å². The van der Waals surface area contributed by atoms with Crippen LogP contribution < -0.4 is 5.32 Å². The zero-order chi connectivity index (χ0) is 16.5. The van der Waals surface area contributed by atoms with Crippen molar-refractivity contribution in [1.82, 2.24) is 5.32 Å². The van der Waals surface area contributed by atoms with Gasteiger partial charge in [0, 0.05) is 21.7 Å². The summed E-state index contributed by atoms with van der Waals surface area (Å²) >= 11 is 1.82. The Labute approximate surface area is 146 Å². The fourth-order valence-electron chi connectivity index (χ4n) is 3.41. The van der Waals surface area contributed by atoms with Crippen LogP contribution in [0.1, 0.15) is 29.9 Å². The molecule has 24 heavy (non-hydrogen) atoms. The van der Waals surface area contributed by atoms with Crippen molar-refractivity contribution in [2.24, 2.45) is 0 Å². The van der Waals surface area contributed by atoms with Crippen LogP contribution in [-0.4, -0.2) is 6.54 Å². The molecule has 122 valence electrons. The number of aryl methyl sites for hydroxylation is 1. The van der Waals surface area contributed by atoms with Gasteiger partial charge in [-0.1, -0.05) is 36.4 Å². The quantitative estimate of drug-likeness (QED) is 0.495. The van der Waals surface area contributed by atoms with E-state index in [0.29, 0.717) is 6.04 Å². The normalized spacial score (nSPS) is 12.9. The van der Waals surface area contributed by atoms with Gasteiger partial charge in [-0.25, -0.2) is 0 Å². The molecule has 4 rings (SSSR count). The van der Waals surface area contributed by atoms with E-state index in [1.807, 2.05) is 23.5 Å². The molecular formula is C21H21NOS. The molecule has 0 saturated heterocycles. The topological polar surface area (TPSA) is 25.2 Å². The SMILES string of the molecule is Cc1oc2ccccc2c1CCNC(C)c1cccc2ccsc12. The number of hydrogen-bond donors (Lipinski definition) is 1. The van der Waals surface area contributed by atoms with Crippen molar-refractivity contribution in [2.75, 3.05) is 6.54 Å². The third-order valence-electron chi connectivity index (χ3n) is 4.70. The number of furan rings is 1. The van der Waals surface area contributed by atoms with E-state index in [9.17, 15) is 0 Å². The lowest BCUT2D eigenvalue weighted by Gasteiger charge is -2.15. The molecule has 2 aromatic carbocycles. The summed E-state index contributed by atoms with van der Waals surface area (Å²) in [6.45, 7) is 5.24. The Bertz CT molecular complexity index is 982. The van der Waals surface area contributed by atoms with Crippen LogP contribution in [0.5, 0.6) is 0 Å². The summed E-state index contributed by atoms with van der Waals surface area (Å²) in [7, 11) is 0. The third-order valence-corrected chi connectivity index (χ3v) is 5.68. The van der Waals surface area contributed by atoms with Gasteiger partial charge in [-0.15, -0.1) is 11.3 Å². The number of thiophene rings is 1. The standard InChI is InChI=1S/C21H21NOS/c1-14(17-8-5-6-16-11-13-24-21(16)17)22-12-10-18-15(2)23-20-9-4-3-7-19(18)20/h3-9,11,13-14,22H,10,12H2,1-2H3. The molecule has 0 bridgehead atoms. The molecule has 0 amide bonds. The fraction of sp³-hybridized carbons (Fsp3) is 0.238. The van der Waals surface area contributed by atoms with E-state index in [0.717, 1.165) is 24.3 Å². The Morgan fingerprint density at radius 3 is 2.88 bits per heavy atom. The molecule has 2 nitrogen and oxygen atoms in total. The first-order valence-electron chi connectivity index (χ1n) is 8.40. The molecule has 3 heteroatoms. The molecule has 0 aliphatic carbocycles. The van der Waals surface area contributed by atoms with Crippen LogP contribution in [0.4, 0.5) is 0 Å². The molecule has 0 fully saturated rings. The summed E-state index contributed by atoms with van der Waals surface area (Å²) in [5.74, 6) is 1.03. The van der Waals surface area contributed by atoms with Crippen molar-refractivity contribution in [3.05, 3.63) is 70.8 Å². The molecular weight excluding hydrogens is 314 g/mol. The molecule has 2 heterocycles. The lowest BCUT2D eigenvalue weighted by atomic mass is 10.1. The van der Waals surface area contributed by atoms with Gasteiger partial charge in [0.15, 0.2) is 0 Å². The number of nitrogens with one attached hydrogen (secondary N) is 1. The van der Waals surface area contributed by atoms with Crippen molar-refractivity contribution < 1.29 is 4.42 Å². The van der Waals surface area contributed by atoms with Crippen LogP contribution in [-0.2, 0) is 6.42 Å². The first kappa shape index (κ1) is 15.4. The van der Waals surface area contributed by atoms with Crippen LogP contribution >= 0.6 is 11.3 Å². The minimum Gasteiger partial charge on any atom is -0.461 e. The summed E-state index contributed by atoms with van der Waals surface area (Å²) in [6, 6.07) is 17.4. The predicted molar refractivity (Wildman–Crippen MR) is 103 cm³/mol. The van der Waals surface area contributed by atoms with E-state index >= 15 is 0 Å². The second-order valence-electron chi connectivity index (χ2n) is 6.24. The average Bonchev–Trinajstić information content (AvgIpc) is 3.19. The number of benzene rings is 2. The highest BCUT2D eigenvalue weighted by atomic mass is 32.1. The van der Waals surface area contributed by atoms with Gasteiger partial charge in [-0.2, -0.15) is 0 Å². The zero-order valence-electron chi connectivity index (χ0n) is 14.0. The Morgan fingerprint density at radius 2 is 1.96 bits per heavy atom. The van der Waals surface area contributed by atoms with Gasteiger partial charge in [0.25, 0.3) is 0 Å². The van der Waals surface area contributed by atoms with Crippen molar-refractivity contribution in [2.45, 2.75) is 26.3 Å². The average molecular weight is 335 g/mol. The lowest BCUT2D eigenvalue weighted by molar-refractivity contribution is 0.556. The van der Waals surface area contributed by atoms with E-state index in [1.165, 1.54) is 26.6 Å². The van der Waals surface area contributed by atoms with Crippen LogP contribution in [0.25, 0.3) is 21.1 Å². The molecule has 0 radical (unpaired) electrons. The van der Waals surface area contributed by atoms with E-state index < -0.39 is 0 Å².